The second-order valence-corrected chi connectivity index (χ2v) is 5.90. The van der Waals surface area contributed by atoms with Crippen molar-refractivity contribution in [3.63, 3.8) is 0 Å². The number of rotatable bonds is 5. The van der Waals surface area contributed by atoms with Crippen molar-refractivity contribution < 1.29 is 4.74 Å². The third-order valence-electron chi connectivity index (χ3n) is 3.46. The Bertz CT molecular complexity index is 566. The largest absolute Gasteiger partial charge is 0.457 e. The first kappa shape index (κ1) is 15.1. The summed E-state index contributed by atoms with van der Waals surface area (Å²) >= 11 is 3.47. The van der Waals surface area contributed by atoms with E-state index >= 15 is 0 Å². The first-order chi connectivity index (χ1) is 9.62. The smallest absolute Gasteiger partial charge is 0.128 e. The highest BCUT2D eigenvalue weighted by Gasteiger charge is 2.04. The summed E-state index contributed by atoms with van der Waals surface area (Å²) in [5.41, 5.74) is 8.06. The topological polar surface area (TPSA) is 35.2 Å². The van der Waals surface area contributed by atoms with Gasteiger partial charge in [0.15, 0.2) is 0 Å². The van der Waals surface area contributed by atoms with Crippen LogP contribution in [0, 0.1) is 0 Å². The molecule has 2 nitrogen and oxygen atoms in total. The van der Waals surface area contributed by atoms with Crippen molar-refractivity contribution in [3.8, 4) is 11.5 Å². The second kappa shape index (κ2) is 6.91. The van der Waals surface area contributed by atoms with Gasteiger partial charge < -0.3 is 10.5 Å². The van der Waals surface area contributed by atoms with E-state index in [4.69, 9.17) is 10.5 Å². The molecule has 2 rings (SSSR count). The highest BCUT2D eigenvalue weighted by atomic mass is 79.9. The fourth-order valence-corrected chi connectivity index (χ4v) is 2.55. The Morgan fingerprint density at radius 3 is 2.40 bits per heavy atom. The zero-order valence-corrected chi connectivity index (χ0v) is 13.5. The van der Waals surface area contributed by atoms with Gasteiger partial charge in [0.05, 0.1) is 0 Å². The molecule has 0 amide bonds. The molecule has 0 aliphatic rings. The Labute approximate surface area is 129 Å². The predicted molar refractivity (Wildman–Crippen MR) is 87.3 cm³/mol. The highest BCUT2D eigenvalue weighted by molar-refractivity contribution is 9.10. The van der Waals surface area contributed by atoms with Gasteiger partial charge in [0, 0.05) is 11.0 Å². The van der Waals surface area contributed by atoms with Crippen molar-refractivity contribution >= 4 is 15.9 Å². The molecule has 0 aromatic heterocycles. The average molecular weight is 334 g/mol. The van der Waals surface area contributed by atoms with Gasteiger partial charge in [-0.2, -0.15) is 0 Å². The molecule has 3 heteroatoms. The minimum absolute atomic E-state index is 0.503. The first-order valence-corrected chi connectivity index (χ1v) is 7.69. The van der Waals surface area contributed by atoms with Crippen LogP contribution in [-0.2, 0) is 6.54 Å². The lowest BCUT2D eigenvalue weighted by Gasteiger charge is -2.11. The van der Waals surface area contributed by atoms with E-state index < -0.39 is 0 Å². The van der Waals surface area contributed by atoms with E-state index in [2.05, 4.69) is 41.9 Å². The summed E-state index contributed by atoms with van der Waals surface area (Å²) in [6.07, 6.45) is 1.14. The molecule has 106 valence electrons. The van der Waals surface area contributed by atoms with E-state index in [0.29, 0.717) is 12.5 Å². The van der Waals surface area contributed by atoms with Gasteiger partial charge in [-0.3, -0.25) is 0 Å². The molecule has 2 aromatic rings. The molecule has 1 atom stereocenters. The Balaban J connectivity index is 2.15. The van der Waals surface area contributed by atoms with Crippen molar-refractivity contribution in [1.82, 2.24) is 0 Å². The van der Waals surface area contributed by atoms with Crippen LogP contribution in [0.1, 0.15) is 37.3 Å². The Morgan fingerprint density at radius 2 is 1.80 bits per heavy atom. The van der Waals surface area contributed by atoms with Gasteiger partial charge >= 0.3 is 0 Å². The lowest BCUT2D eigenvalue weighted by Crippen LogP contribution is -1.97. The van der Waals surface area contributed by atoms with Gasteiger partial charge in [-0.15, -0.1) is 0 Å². The van der Waals surface area contributed by atoms with Crippen LogP contribution < -0.4 is 10.5 Å². The van der Waals surface area contributed by atoms with Crippen LogP contribution in [0.3, 0.4) is 0 Å². The van der Waals surface area contributed by atoms with Crippen molar-refractivity contribution in [3.05, 3.63) is 58.1 Å². The summed E-state index contributed by atoms with van der Waals surface area (Å²) < 4.78 is 6.86. The maximum atomic E-state index is 5.88. The van der Waals surface area contributed by atoms with Crippen LogP contribution in [0.4, 0.5) is 0 Å². The van der Waals surface area contributed by atoms with E-state index in [1.54, 1.807) is 0 Å². The molecule has 0 aliphatic carbocycles. The molecular weight excluding hydrogens is 314 g/mol. The van der Waals surface area contributed by atoms with Crippen LogP contribution in [0.2, 0.25) is 0 Å². The SMILES string of the molecule is CCC(C)c1ccc(Oc2cc(Br)cc(CN)c2)cc1. The van der Waals surface area contributed by atoms with Gasteiger partial charge in [0.1, 0.15) is 11.5 Å². The molecule has 0 aliphatic heterocycles. The number of halogens is 1. The van der Waals surface area contributed by atoms with Crippen LogP contribution in [-0.4, -0.2) is 0 Å². The Morgan fingerprint density at radius 1 is 1.10 bits per heavy atom. The molecule has 0 fully saturated rings. The Kier molecular flexibility index (Phi) is 5.21. The van der Waals surface area contributed by atoms with E-state index in [1.807, 2.05) is 30.3 Å². The van der Waals surface area contributed by atoms with Crippen LogP contribution >= 0.6 is 15.9 Å². The second-order valence-electron chi connectivity index (χ2n) is 4.98. The molecule has 0 heterocycles. The maximum Gasteiger partial charge on any atom is 0.128 e. The van der Waals surface area contributed by atoms with Gasteiger partial charge in [-0.05, 0) is 53.8 Å². The lowest BCUT2D eigenvalue weighted by molar-refractivity contribution is 0.481. The number of hydrogen-bond donors (Lipinski definition) is 1. The Hall–Kier alpha value is -1.32. The summed E-state index contributed by atoms with van der Waals surface area (Å²) in [4.78, 5) is 0. The minimum atomic E-state index is 0.503. The highest BCUT2D eigenvalue weighted by Crippen LogP contribution is 2.28. The molecule has 2 aromatic carbocycles. The molecule has 0 spiro atoms. The molecule has 2 N–H and O–H groups in total. The summed E-state index contributed by atoms with van der Waals surface area (Å²) in [6.45, 7) is 4.94. The predicted octanol–water partition coefficient (Wildman–Crippen LogP) is 5.21. The summed E-state index contributed by atoms with van der Waals surface area (Å²) in [6, 6.07) is 14.2. The normalized spacial score (nSPS) is 12.2. The number of ether oxygens (including phenoxy) is 1. The van der Waals surface area contributed by atoms with Crippen molar-refractivity contribution in [2.45, 2.75) is 32.7 Å². The molecule has 20 heavy (non-hydrogen) atoms. The van der Waals surface area contributed by atoms with Crippen molar-refractivity contribution in [2.75, 3.05) is 0 Å². The quantitative estimate of drug-likeness (QED) is 0.814. The fourth-order valence-electron chi connectivity index (χ4n) is 2.03. The summed E-state index contributed by atoms with van der Waals surface area (Å²) in [5, 5.41) is 0. The summed E-state index contributed by atoms with van der Waals surface area (Å²) in [5.74, 6) is 2.23. The van der Waals surface area contributed by atoms with Crippen molar-refractivity contribution in [1.29, 1.82) is 0 Å². The zero-order valence-electron chi connectivity index (χ0n) is 11.9. The zero-order chi connectivity index (χ0) is 14.5. The third-order valence-corrected chi connectivity index (χ3v) is 3.92. The van der Waals surface area contributed by atoms with Gasteiger partial charge in [0.2, 0.25) is 0 Å². The van der Waals surface area contributed by atoms with E-state index in [-0.39, 0.29) is 0 Å². The van der Waals surface area contributed by atoms with E-state index in [0.717, 1.165) is 28.0 Å². The molecule has 0 saturated heterocycles. The van der Waals surface area contributed by atoms with Crippen LogP contribution in [0.5, 0.6) is 11.5 Å². The summed E-state index contributed by atoms with van der Waals surface area (Å²) in [7, 11) is 0. The number of hydrogen-bond acceptors (Lipinski definition) is 2. The van der Waals surface area contributed by atoms with Crippen LogP contribution in [0.25, 0.3) is 0 Å². The maximum absolute atomic E-state index is 5.88. The molecule has 0 saturated carbocycles. The monoisotopic (exact) mass is 333 g/mol. The van der Waals surface area contributed by atoms with Crippen LogP contribution in [0.15, 0.2) is 46.9 Å². The first-order valence-electron chi connectivity index (χ1n) is 6.89. The molecule has 1 unspecified atom stereocenters. The third kappa shape index (κ3) is 3.84. The number of nitrogens with two attached hydrogens (primary N) is 1. The van der Waals surface area contributed by atoms with Crippen molar-refractivity contribution in [2.24, 2.45) is 5.73 Å². The van der Waals surface area contributed by atoms with Gasteiger partial charge in [0.25, 0.3) is 0 Å². The van der Waals surface area contributed by atoms with E-state index in [1.165, 1.54) is 5.56 Å². The molecule has 0 bridgehead atoms. The van der Waals surface area contributed by atoms with E-state index in [9.17, 15) is 0 Å². The average Bonchev–Trinajstić information content (AvgIpc) is 2.46. The fraction of sp³-hybridized carbons (Fsp3) is 0.294. The standard InChI is InChI=1S/C17H20BrNO/c1-3-12(2)14-4-6-16(7-5-14)20-17-9-13(11-19)8-15(18)10-17/h4-10,12H,3,11,19H2,1-2H3. The number of benzene rings is 2. The minimum Gasteiger partial charge on any atom is -0.457 e. The van der Waals surface area contributed by atoms with Gasteiger partial charge in [-0.1, -0.05) is 41.9 Å². The molecule has 0 radical (unpaired) electrons. The lowest BCUT2D eigenvalue weighted by atomic mass is 9.99. The molecular formula is C17H20BrNO. The van der Waals surface area contributed by atoms with Gasteiger partial charge in [-0.25, -0.2) is 0 Å².